The van der Waals surface area contributed by atoms with Gasteiger partial charge in [0.1, 0.15) is 11.9 Å². The molecule has 0 aliphatic carbocycles. The first-order valence-corrected chi connectivity index (χ1v) is 9.78. The van der Waals surface area contributed by atoms with E-state index in [1.54, 1.807) is 0 Å². The zero-order chi connectivity index (χ0) is 20.4. The highest BCUT2D eigenvalue weighted by Crippen LogP contribution is 2.26. The first-order valence-electron chi connectivity index (χ1n) is 9.41. The molecule has 1 amide bonds. The first kappa shape index (κ1) is 19.2. The van der Waals surface area contributed by atoms with E-state index < -0.39 is 0 Å². The molecule has 0 bridgehead atoms. The van der Waals surface area contributed by atoms with Crippen LogP contribution in [0.5, 0.6) is 0 Å². The number of rotatable bonds is 6. The number of aryl methyl sites for hydroxylation is 2. The van der Waals surface area contributed by atoms with Crippen LogP contribution in [0.3, 0.4) is 0 Å². The van der Waals surface area contributed by atoms with E-state index in [1.165, 1.54) is 0 Å². The summed E-state index contributed by atoms with van der Waals surface area (Å²) in [5.74, 6) is 0.688. The summed E-state index contributed by atoms with van der Waals surface area (Å²) in [5, 5.41) is 7.21. The van der Waals surface area contributed by atoms with Gasteiger partial charge in [-0.25, -0.2) is 4.98 Å². The van der Waals surface area contributed by atoms with Crippen molar-refractivity contribution in [3.05, 3.63) is 82.5 Å². The Morgan fingerprint density at radius 2 is 1.90 bits per heavy atom. The highest BCUT2D eigenvalue weighted by Gasteiger charge is 2.23. The Balaban J connectivity index is 1.61. The highest BCUT2D eigenvalue weighted by atomic mass is 35.5. The van der Waals surface area contributed by atoms with Crippen molar-refractivity contribution in [3.63, 3.8) is 0 Å². The van der Waals surface area contributed by atoms with Gasteiger partial charge >= 0.3 is 0 Å². The van der Waals surface area contributed by atoms with Crippen LogP contribution in [0.25, 0.3) is 11.0 Å². The molecule has 1 unspecified atom stereocenters. The number of carbonyl (C=O) groups is 1. The summed E-state index contributed by atoms with van der Waals surface area (Å²) in [7, 11) is 1.97. The van der Waals surface area contributed by atoms with Gasteiger partial charge in [-0.3, -0.25) is 4.79 Å². The smallest absolute Gasteiger partial charge is 0.229 e. The lowest BCUT2D eigenvalue weighted by Gasteiger charge is -2.19. The maximum Gasteiger partial charge on any atom is 0.229 e. The fourth-order valence-corrected chi connectivity index (χ4v) is 3.74. The maximum absolute atomic E-state index is 12.8. The Bertz CT molecular complexity index is 1130. The summed E-state index contributed by atoms with van der Waals surface area (Å²) in [6, 6.07) is 17.4. The molecule has 1 N–H and O–H groups in total. The summed E-state index contributed by atoms with van der Waals surface area (Å²) < 4.78 is 6.99. The van der Waals surface area contributed by atoms with Gasteiger partial charge in [-0.15, -0.1) is 0 Å². The van der Waals surface area contributed by atoms with Gasteiger partial charge in [-0.2, -0.15) is 0 Å². The average Bonchev–Trinajstić information content (AvgIpc) is 3.24. The van der Waals surface area contributed by atoms with Crippen molar-refractivity contribution in [2.24, 2.45) is 7.05 Å². The van der Waals surface area contributed by atoms with Crippen LogP contribution in [0.4, 0.5) is 0 Å². The Hall–Kier alpha value is -3.12. The van der Waals surface area contributed by atoms with E-state index in [2.05, 4.69) is 10.5 Å². The predicted octanol–water partition coefficient (Wildman–Crippen LogP) is 4.36. The van der Waals surface area contributed by atoms with Crippen molar-refractivity contribution in [1.29, 1.82) is 0 Å². The zero-order valence-electron chi connectivity index (χ0n) is 16.2. The fourth-order valence-electron chi connectivity index (χ4n) is 3.48. The van der Waals surface area contributed by atoms with Gasteiger partial charge in [-0.05, 0) is 42.6 Å². The molecule has 0 aliphatic heterocycles. The Kier molecular flexibility index (Phi) is 5.36. The molecule has 0 spiro atoms. The molecule has 29 heavy (non-hydrogen) atoms. The summed E-state index contributed by atoms with van der Waals surface area (Å²) in [5.41, 5.74) is 4.36. The van der Waals surface area contributed by atoms with Crippen molar-refractivity contribution >= 4 is 28.5 Å². The van der Waals surface area contributed by atoms with E-state index in [1.807, 2.05) is 73.1 Å². The van der Waals surface area contributed by atoms with E-state index in [-0.39, 0.29) is 23.6 Å². The molecular weight excluding hydrogens is 388 g/mol. The number of hydrogen-bond donors (Lipinski definition) is 1. The Labute approximate surface area is 173 Å². The molecule has 0 radical (unpaired) electrons. The number of hydrogen-bond acceptors (Lipinski definition) is 4. The summed E-state index contributed by atoms with van der Waals surface area (Å²) in [6.45, 7) is 1.81. The number of carbonyl (C=O) groups excluding carboxylic acids is 1. The summed E-state index contributed by atoms with van der Waals surface area (Å²) in [4.78, 5) is 17.6. The topological polar surface area (TPSA) is 73.0 Å². The number of amides is 1. The van der Waals surface area contributed by atoms with Crippen LogP contribution in [-0.2, 0) is 18.3 Å². The first-order chi connectivity index (χ1) is 14.0. The van der Waals surface area contributed by atoms with Crippen molar-refractivity contribution in [2.75, 3.05) is 0 Å². The van der Waals surface area contributed by atoms with Crippen LogP contribution in [0.2, 0.25) is 5.22 Å². The van der Waals surface area contributed by atoms with Crippen molar-refractivity contribution < 1.29 is 9.32 Å². The van der Waals surface area contributed by atoms with Gasteiger partial charge in [0.2, 0.25) is 11.1 Å². The lowest BCUT2D eigenvalue weighted by molar-refractivity contribution is -0.121. The quantitative estimate of drug-likeness (QED) is 0.514. The molecule has 0 aliphatic rings. The van der Waals surface area contributed by atoms with Gasteiger partial charge < -0.3 is 14.4 Å². The lowest BCUT2D eigenvalue weighted by atomic mass is 10.1. The lowest BCUT2D eigenvalue weighted by Crippen LogP contribution is -2.31. The minimum absolute atomic E-state index is 0.0948. The second kappa shape index (κ2) is 8.09. The van der Waals surface area contributed by atoms with Gasteiger partial charge in [-0.1, -0.05) is 47.6 Å². The van der Waals surface area contributed by atoms with Crippen LogP contribution in [0.15, 0.2) is 59.1 Å². The molecule has 0 saturated heterocycles. The van der Waals surface area contributed by atoms with E-state index >= 15 is 0 Å². The average molecular weight is 409 g/mol. The molecular formula is C22H21ClN4O2. The molecule has 6 nitrogen and oxygen atoms in total. The number of nitrogens with one attached hydrogen (secondary N) is 1. The summed E-state index contributed by atoms with van der Waals surface area (Å²) >= 11 is 6.02. The third-order valence-electron chi connectivity index (χ3n) is 5.06. The molecule has 0 saturated carbocycles. The van der Waals surface area contributed by atoms with Gasteiger partial charge in [0.25, 0.3) is 0 Å². The number of halogens is 1. The standard InChI is InChI=1S/C22H21ClN4O2/c1-14-16(21(23)29-26-14)12-13-19(28)25-20(15-8-4-3-5-9-15)22-24-17-10-6-7-11-18(17)27(22)2/h3-11,20H,12-13H2,1-2H3,(H,25,28). The molecule has 0 fully saturated rings. The third-order valence-corrected chi connectivity index (χ3v) is 5.35. The molecule has 1 atom stereocenters. The number of nitrogens with zero attached hydrogens (tertiary/aromatic N) is 3. The van der Waals surface area contributed by atoms with Crippen LogP contribution in [-0.4, -0.2) is 20.6 Å². The molecule has 2 aromatic heterocycles. The predicted molar refractivity (Wildman–Crippen MR) is 112 cm³/mol. The normalized spacial score (nSPS) is 12.2. The molecule has 4 aromatic rings. The zero-order valence-corrected chi connectivity index (χ0v) is 17.0. The number of fused-ring (bicyclic) bond motifs is 1. The second-order valence-corrected chi connectivity index (χ2v) is 7.29. The van der Waals surface area contributed by atoms with Crippen molar-refractivity contribution in [1.82, 2.24) is 20.0 Å². The summed E-state index contributed by atoms with van der Waals surface area (Å²) in [6.07, 6.45) is 0.735. The van der Waals surface area contributed by atoms with Gasteiger partial charge in [0.05, 0.1) is 16.7 Å². The molecule has 148 valence electrons. The molecule has 2 heterocycles. The van der Waals surface area contributed by atoms with E-state index in [0.29, 0.717) is 12.1 Å². The van der Waals surface area contributed by atoms with E-state index in [4.69, 9.17) is 21.1 Å². The third kappa shape index (κ3) is 3.89. The number of benzene rings is 2. The Morgan fingerprint density at radius 1 is 1.17 bits per heavy atom. The minimum atomic E-state index is -0.361. The van der Waals surface area contributed by atoms with Crippen LogP contribution >= 0.6 is 11.6 Å². The van der Waals surface area contributed by atoms with E-state index in [9.17, 15) is 4.79 Å². The molecule has 2 aromatic carbocycles. The Morgan fingerprint density at radius 3 is 2.59 bits per heavy atom. The minimum Gasteiger partial charge on any atom is -0.344 e. The van der Waals surface area contributed by atoms with Crippen LogP contribution in [0.1, 0.15) is 35.1 Å². The highest BCUT2D eigenvalue weighted by molar-refractivity contribution is 6.29. The largest absolute Gasteiger partial charge is 0.344 e. The number of aromatic nitrogens is 3. The maximum atomic E-state index is 12.8. The monoisotopic (exact) mass is 408 g/mol. The second-order valence-electron chi connectivity index (χ2n) is 6.95. The SMILES string of the molecule is Cc1noc(Cl)c1CCC(=O)NC(c1ccccc1)c1nc2ccccc2n1C. The van der Waals surface area contributed by atoms with Crippen molar-refractivity contribution in [3.8, 4) is 0 Å². The number of para-hydroxylation sites is 2. The molecule has 4 rings (SSSR count). The van der Waals surface area contributed by atoms with Crippen LogP contribution < -0.4 is 5.32 Å². The van der Waals surface area contributed by atoms with E-state index in [0.717, 1.165) is 28.0 Å². The van der Waals surface area contributed by atoms with Crippen molar-refractivity contribution in [2.45, 2.75) is 25.8 Å². The molecule has 7 heteroatoms. The number of imidazole rings is 1. The van der Waals surface area contributed by atoms with Gasteiger partial charge in [0, 0.05) is 19.0 Å². The fraction of sp³-hybridized carbons (Fsp3) is 0.227. The van der Waals surface area contributed by atoms with Crippen LogP contribution in [0, 0.1) is 6.92 Å². The van der Waals surface area contributed by atoms with Gasteiger partial charge in [0.15, 0.2) is 0 Å².